The van der Waals surface area contributed by atoms with Crippen LogP contribution in [0.1, 0.15) is 12.5 Å². The lowest BCUT2D eigenvalue weighted by Gasteiger charge is -2.18. The van der Waals surface area contributed by atoms with Crippen LogP contribution in [0.4, 0.5) is 0 Å². The molecule has 20 heavy (non-hydrogen) atoms. The molecule has 112 valence electrons. The zero-order valence-corrected chi connectivity index (χ0v) is 12.8. The van der Waals surface area contributed by atoms with E-state index in [0.717, 1.165) is 6.92 Å². The van der Waals surface area contributed by atoms with E-state index < -0.39 is 33.9 Å². The molecule has 0 bridgehead atoms. The van der Waals surface area contributed by atoms with E-state index in [2.05, 4.69) is 0 Å². The van der Waals surface area contributed by atoms with Crippen LogP contribution in [-0.2, 0) is 20.6 Å². The first-order chi connectivity index (χ1) is 9.02. The van der Waals surface area contributed by atoms with Crippen molar-refractivity contribution in [1.82, 2.24) is 4.72 Å². The predicted octanol–water partition coefficient (Wildman–Crippen LogP) is 1.25. The summed E-state index contributed by atoms with van der Waals surface area (Å²) in [5, 5.41) is 18.7. The predicted molar refractivity (Wildman–Crippen MR) is 75.3 cm³/mol. The number of carbonyl (C=O) groups is 1. The Hall–Kier alpha value is -0.860. The summed E-state index contributed by atoms with van der Waals surface area (Å²) in [5.41, 5.74) is -1.83. The first kappa shape index (κ1) is 17.2. The van der Waals surface area contributed by atoms with Crippen LogP contribution in [0.25, 0.3) is 0 Å². The van der Waals surface area contributed by atoms with Crippen molar-refractivity contribution in [2.75, 3.05) is 6.54 Å². The number of carboxylic acids is 1. The molecule has 0 saturated carbocycles. The SMILES string of the molecule is CC(O)(CNS(=O)(=O)Cc1cc(Cl)cc(Cl)c1)C(=O)O. The molecule has 0 aliphatic carbocycles. The van der Waals surface area contributed by atoms with E-state index in [0.29, 0.717) is 15.6 Å². The second-order valence-corrected chi connectivity index (χ2v) is 7.12. The second-order valence-electron chi connectivity index (χ2n) is 4.44. The highest BCUT2D eigenvalue weighted by Crippen LogP contribution is 2.20. The second kappa shape index (κ2) is 6.28. The van der Waals surface area contributed by atoms with Gasteiger partial charge < -0.3 is 10.2 Å². The van der Waals surface area contributed by atoms with Crippen LogP contribution < -0.4 is 4.72 Å². The smallest absolute Gasteiger partial charge is 0.336 e. The number of benzene rings is 1. The summed E-state index contributed by atoms with van der Waals surface area (Å²) in [5.74, 6) is -1.95. The largest absolute Gasteiger partial charge is 0.479 e. The van der Waals surface area contributed by atoms with Gasteiger partial charge in [-0.05, 0) is 30.7 Å². The molecular weight excluding hydrogens is 329 g/mol. The van der Waals surface area contributed by atoms with Gasteiger partial charge in [0.15, 0.2) is 5.60 Å². The minimum atomic E-state index is -3.83. The van der Waals surface area contributed by atoms with Crippen LogP contribution >= 0.6 is 23.2 Å². The molecular formula is C11H13Cl2NO5S. The Bertz CT molecular complexity index is 595. The molecule has 0 radical (unpaired) electrons. The molecule has 1 aromatic rings. The number of halogens is 2. The van der Waals surface area contributed by atoms with Crippen LogP contribution in [0.5, 0.6) is 0 Å². The Labute approximate surface area is 126 Å². The van der Waals surface area contributed by atoms with E-state index >= 15 is 0 Å². The van der Waals surface area contributed by atoms with Crippen molar-refractivity contribution in [3.05, 3.63) is 33.8 Å². The maximum Gasteiger partial charge on any atom is 0.336 e. The van der Waals surface area contributed by atoms with Crippen molar-refractivity contribution >= 4 is 39.2 Å². The Balaban J connectivity index is 2.78. The Morgan fingerprint density at radius 2 is 1.80 bits per heavy atom. The molecule has 1 rings (SSSR count). The fourth-order valence-corrected chi connectivity index (χ4v) is 3.07. The van der Waals surface area contributed by atoms with Crippen LogP contribution in [0.2, 0.25) is 10.0 Å². The molecule has 0 saturated heterocycles. The summed E-state index contributed by atoms with van der Waals surface area (Å²) in [6.07, 6.45) is 0. The monoisotopic (exact) mass is 341 g/mol. The highest BCUT2D eigenvalue weighted by atomic mass is 35.5. The molecule has 1 aromatic carbocycles. The van der Waals surface area contributed by atoms with Gasteiger partial charge in [-0.3, -0.25) is 0 Å². The molecule has 0 amide bonds. The van der Waals surface area contributed by atoms with Crippen molar-refractivity contribution in [2.24, 2.45) is 0 Å². The van der Waals surface area contributed by atoms with Crippen molar-refractivity contribution in [3.8, 4) is 0 Å². The van der Waals surface area contributed by atoms with Crippen molar-refractivity contribution < 1.29 is 23.4 Å². The van der Waals surface area contributed by atoms with Crippen LogP contribution in [0.15, 0.2) is 18.2 Å². The van der Waals surface area contributed by atoms with Crippen molar-refractivity contribution in [2.45, 2.75) is 18.3 Å². The third-order valence-electron chi connectivity index (χ3n) is 2.38. The third kappa shape index (κ3) is 5.26. The van der Waals surface area contributed by atoms with Gasteiger partial charge in [-0.15, -0.1) is 0 Å². The van der Waals surface area contributed by atoms with Gasteiger partial charge in [-0.25, -0.2) is 17.9 Å². The molecule has 0 aliphatic heterocycles. The molecule has 6 nitrogen and oxygen atoms in total. The van der Waals surface area contributed by atoms with Crippen LogP contribution in [0, 0.1) is 0 Å². The van der Waals surface area contributed by atoms with Crippen molar-refractivity contribution in [1.29, 1.82) is 0 Å². The standard InChI is InChI=1S/C11H13Cl2NO5S/c1-11(17,10(15)16)6-14-20(18,19)5-7-2-8(12)4-9(13)3-7/h2-4,14,17H,5-6H2,1H3,(H,15,16). The topological polar surface area (TPSA) is 104 Å². The molecule has 0 aliphatic rings. The number of aliphatic carboxylic acids is 1. The third-order valence-corrected chi connectivity index (χ3v) is 4.11. The van der Waals surface area contributed by atoms with E-state index in [-0.39, 0.29) is 0 Å². The molecule has 0 heterocycles. The van der Waals surface area contributed by atoms with Gasteiger partial charge in [-0.2, -0.15) is 0 Å². The normalized spacial score (nSPS) is 14.8. The van der Waals surface area contributed by atoms with E-state index in [9.17, 15) is 18.3 Å². The fourth-order valence-electron chi connectivity index (χ4n) is 1.29. The number of nitrogens with one attached hydrogen (secondary N) is 1. The van der Waals surface area contributed by atoms with E-state index in [1.807, 2.05) is 4.72 Å². The van der Waals surface area contributed by atoms with Gasteiger partial charge in [0.1, 0.15) is 0 Å². The Morgan fingerprint density at radius 3 is 2.25 bits per heavy atom. The quantitative estimate of drug-likeness (QED) is 0.722. The molecule has 0 fully saturated rings. The Morgan fingerprint density at radius 1 is 1.30 bits per heavy atom. The number of hydrogen-bond acceptors (Lipinski definition) is 4. The van der Waals surface area contributed by atoms with Gasteiger partial charge >= 0.3 is 5.97 Å². The molecule has 1 atom stereocenters. The van der Waals surface area contributed by atoms with E-state index in [1.165, 1.54) is 18.2 Å². The number of sulfonamides is 1. The van der Waals surface area contributed by atoms with Gasteiger partial charge in [0.25, 0.3) is 0 Å². The zero-order chi connectivity index (χ0) is 15.6. The lowest BCUT2D eigenvalue weighted by Crippen LogP contribution is -2.46. The first-order valence-corrected chi connectivity index (χ1v) is 7.81. The number of aliphatic hydroxyl groups is 1. The van der Waals surface area contributed by atoms with Crippen molar-refractivity contribution in [3.63, 3.8) is 0 Å². The summed E-state index contributed by atoms with van der Waals surface area (Å²) in [7, 11) is -3.83. The summed E-state index contributed by atoms with van der Waals surface area (Å²) < 4.78 is 25.6. The first-order valence-electron chi connectivity index (χ1n) is 5.40. The number of rotatable bonds is 6. The average molecular weight is 342 g/mol. The minimum Gasteiger partial charge on any atom is -0.479 e. The summed E-state index contributed by atoms with van der Waals surface area (Å²) in [6.45, 7) is 0.354. The average Bonchev–Trinajstić information content (AvgIpc) is 2.24. The maximum absolute atomic E-state index is 11.8. The van der Waals surface area contributed by atoms with Gasteiger partial charge in [-0.1, -0.05) is 23.2 Å². The minimum absolute atomic E-state index is 0.292. The van der Waals surface area contributed by atoms with Gasteiger partial charge in [0, 0.05) is 16.6 Å². The molecule has 0 aromatic heterocycles. The summed E-state index contributed by atoms with van der Waals surface area (Å²) in [6, 6.07) is 4.33. The summed E-state index contributed by atoms with van der Waals surface area (Å²) in [4.78, 5) is 10.7. The van der Waals surface area contributed by atoms with E-state index in [4.69, 9.17) is 28.3 Å². The van der Waals surface area contributed by atoms with Crippen LogP contribution in [0.3, 0.4) is 0 Å². The molecule has 1 unspecified atom stereocenters. The van der Waals surface area contributed by atoms with Crippen LogP contribution in [-0.4, -0.2) is 36.7 Å². The number of hydrogen-bond donors (Lipinski definition) is 3. The maximum atomic E-state index is 11.8. The molecule has 0 spiro atoms. The zero-order valence-electron chi connectivity index (χ0n) is 10.4. The lowest BCUT2D eigenvalue weighted by molar-refractivity contribution is -0.155. The highest BCUT2D eigenvalue weighted by molar-refractivity contribution is 7.88. The molecule has 3 N–H and O–H groups in total. The fraction of sp³-hybridized carbons (Fsp3) is 0.364. The Kier molecular flexibility index (Phi) is 5.39. The highest BCUT2D eigenvalue weighted by Gasteiger charge is 2.31. The van der Waals surface area contributed by atoms with Gasteiger partial charge in [0.2, 0.25) is 10.0 Å². The number of carboxylic acid groups (broad SMARTS) is 1. The van der Waals surface area contributed by atoms with Gasteiger partial charge in [0.05, 0.1) is 5.75 Å². The molecule has 9 heteroatoms. The van der Waals surface area contributed by atoms with E-state index in [1.54, 1.807) is 0 Å². The lowest BCUT2D eigenvalue weighted by atomic mass is 10.1. The summed E-state index contributed by atoms with van der Waals surface area (Å²) >= 11 is 11.5.